The van der Waals surface area contributed by atoms with Crippen molar-refractivity contribution in [2.75, 3.05) is 18.9 Å². The lowest BCUT2D eigenvalue weighted by Crippen LogP contribution is -2.33. The van der Waals surface area contributed by atoms with Crippen LogP contribution in [0.2, 0.25) is 0 Å². The van der Waals surface area contributed by atoms with Crippen molar-refractivity contribution in [3.8, 4) is 0 Å². The zero-order valence-electron chi connectivity index (χ0n) is 13.2. The number of imidazole rings is 1. The number of nitro benzene ring substituents is 1. The number of nitro groups is 1. The number of piperidine rings is 1. The zero-order valence-corrected chi connectivity index (χ0v) is 13.2. The van der Waals surface area contributed by atoms with Gasteiger partial charge in [-0.3, -0.25) is 15.0 Å². The lowest BCUT2D eigenvalue weighted by atomic mass is 10.0. The van der Waals surface area contributed by atoms with E-state index in [1.807, 2.05) is 12.3 Å². The number of nitrogens with zero attached hydrogens (tertiary/aromatic N) is 3. The molecule has 2 aromatic rings. The van der Waals surface area contributed by atoms with Crippen LogP contribution < -0.4 is 5.32 Å². The van der Waals surface area contributed by atoms with Gasteiger partial charge >= 0.3 is 0 Å². The van der Waals surface area contributed by atoms with Crippen molar-refractivity contribution >= 4 is 11.4 Å². The lowest BCUT2D eigenvalue weighted by molar-refractivity contribution is -0.384. The zero-order chi connectivity index (χ0) is 16.2. The van der Waals surface area contributed by atoms with Crippen molar-refractivity contribution in [2.45, 2.75) is 31.8 Å². The summed E-state index contributed by atoms with van der Waals surface area (Å²) in [5.41, 5.74) is 1.62. The Morgan fingerprint density at radius 3 is 3.04 bits per heavy atom. The second-order valence-corrected chi connectivity index (χ2v) is 5.82. The first-order valence-corrected chi connectivity index (χ1v) is 7.87. The maximum atomic E-state index is 11.2. The Hall–Kier alpha value is -2.41. The molecule has 1 unspecified atom stereocenters. The van der Waals surface area contributed by atoms with Crippen LogP contribution in [0.25, 0.3) is 0 Å². The van der Waals surface area contributed by atoms with Gasteiger partial charge in [-0.2, -0.15) is 0 Å². The molecule has 2 heterocycles. The van der Waals surface area contributed by atoms with Gasteiger partial charge in [0.2, 0.25) is 0 Å². The number of anilines is 1. The highest BCUT2D eigenvalue weighted by molar-refractivity contribution is 5.62. The average Bonchev–Trinajstić information content (AvgIpc) is 3.09. The van der Waals surface area contributed by atoms with Crippen molar-refractivity contribution in [1.29, 1.82) is 0 Å². The molecule has 1 saturated heterocycles. The molecule has 7 nitrogen and oxygen atoms in total. The van der Waals surface area contributed by atoms with Gasteiger partial charge in [-0.15, -0.1) is 0 Å². The van der Waals surface area contributed by atoms with Crippen molar-refractivity contribution < 1.29 is 4.92 Å². The monoisotopic (exact) mass is 315 g/mol. The summed E-state index contributed by atoms with van der Waals surface area (Å²) in [6, 6.07) is 5.65. The minimum absolute atomic E-state index is 0.122. The summed E-state index contributed by atoms with van der Waals surface area (Å²) in [5.74, 6) is 0.978. The highest BCUT2D eigenvalue weighted by Crippen LogP contribution is 2.32. The molecule has 23 heavy (non-hydrogen) atoms. The molecule has 122 valence electrons. The molecule has 1 aliphatic rings. The molecule has 1 aromatic heterocycles. The molecule has 7 heteroatoms. The van der Waals surface area contributed by atoms with Crippen LogP contribution in [0, 0.1) is 10.1 Å². The van der Waals surface area contributed by atoms with E-state index < -0.39 is 0 Å². The number of H-pyrrole nitrogens is 1. The Morgan fingerprint density at radius 1 is 1.48 bits per heavy atom. The highest BCUT2D eigenvalue weighted by Gasteiger charge is 2.26. The van der Waals surface area contributed by atoms with Crippen LogP contribution in [0.1, 0.15) is 36.7 Å². The van der Waals surface area contributed by atoms with Crippen LogP contribution in [-0.2, 0) is 6.54 Å². The Bertz CT molecular complexity index is 671. The van der Waals surface area contributed by atoms with E-state index in [0.717, 1.165) is 30.8 Å². The third-order valence-electron chi connectivity index (χ3n) is 4.36. The Morgan fingerprint density at radius 2 is 2.35 bits per heavy atom. The van der Waals surface area contributed by atoms with Crippen LogP contribution in [0.4, 0.5) is 11.4 Å². The third kappa shape index (κ3) is 3.34. The van der Waals surface area contributed by atoms with Gasteiger partial charge in [0, 0.05) is 32.1 Å². The fraction of sp³-hybridized carbons (Fsp3) is 0.438. The van der Waals surface area contributed by atoms with Crippen molar-refractivity contribution in [3.63, 3.8) is 0 Å². The standard InChI is InChI=1S/C16H21N5O2/c1-17-13-6-5-12(10-15(13)21(22)23)11-20-9-3-2-4-14(20)16-18-7-8-19-16/h5-8,10,14,17H,2-4,9,11H2,1H3,(H,18,19). The predicted molar refractivity (Wildman–Crippen MR) is 88.2 cm³/mol. The van der Waals surface area contributed by atoms with Gasteiger partial charge in [0.1, 0.15) is 11.5 Å². The van der Waals surface area contributed by atoms with E-state index in [4.69, 9.17) is 0 Å². The molecule has 0 saturated carbocycles. The summed E-state index contributed by atoms with van der Waals surface area (Å²) in [5, 5.41) is 14.1. The molecule has 0 aliphatic carbocycles. The van der Waals surface area contributed by atoms with Crippen LogP contribution in [0.5, 0.6) is 0 Å². The molecular weight excluding hydrogens is 294 g/mol. The summed E-state index contributed by atoms with van der Waals surface area (Å²) in [4.78, 5) is 20.8. The molecule has 1 fully saturated rings. The van der Waals surface area contributed by atoms with Crippen molar-refractivity contribution in [3.05, 3.63) is 52.1 Å². The fourth-order valence-electron chi connectivity index (χ4n) is 3.22. The number of hydrogen-bond acceptors (Lipinski definition) is 5. The highest BCUT2D eigenvalue weighted by atomic mass is 16.6. The topological polar surface area (TPSA) is 87.1 Å². The smallest absolute Gasteiger partial charge is 0.292 e. The molecule has 1 aliphatic heterocycles. The molecule has 0 spiro atoms. The first-order chi connectivity index (χ1) is 11.2. The van der Waals surface area contributed by atoms with Gasteiger partial charge < -0.3 is 10.3 Å². The normalized spacial score (nSPS) is 18.7. The van der Waals surface area contributed by atoms with Crippen LogP contribution >= 0.6 is 0 Å². The van der Waals surface area contributed by atoms with E-state index in [-0.39, 0.29) is 16.7 Å². The Kier molecular flexibility index (Phi) is 4.57. The fourth-order valence-corrected chi connectivity index (χ4v) is 3.22. The van der Waals surface area contributed by atoms with Gasteiger partial charge in [-0.25, -0.2) is 4.98 Å². The van der Waals surface area contributed by atoms with E-state index in [0.29, 0.717) is 12.2 Å². The largest absolute Gasteiger partial charge is 0.383 e. The number of benzene rings is 1. The van der Waals surface area contributed by atoms with Crippen molar-refractivity contribution in [2.24, 2.45) is 0 Å². The summed E-state index contributed by atoms with van der Waals surface area (Å²) >= 11 is 0. The van der Waals surface area contributed by atoms with Gasteiger partial charge in [-0.05, 0) is 31.0 Å². The lowest BCUT2D eigenvalue weighted by Gasteiger charge is -2.34. The number of rotatable bonds is 5. The van der Waals surface area contributed by atoms with Crippen LogP contribution in [0.3, 0.4) is 0 Å². The molecule has 0 amide bonds. The number of hydrogen-bond donors (Lipinski definition) is 2. The first-order valence-electron chi connectivity index (χ1n) is 7.87. The maximum absolute atomic E-state index is 11.2. The molecule has 0 radical (unpaired) electrons. The van der Waals surface area contributed by atoms with E-state index >= 15 is 0 Å². The number of likely N-dealkylation sites (tertiary alicyclic amines) is 1. The molecule has 2 N–H and O–H groups in total. The Balaban J connectivity index is 1.82. The average molecular weight is 315 g/mol. The second-order valence-electron chi connectivity index (χ2n) is 5.82. The minimum atomic E-state index is -0.338. The Labute approximate surface area is 134 Å². The van der Waals surface area contributed by atoms with E-state index in [1.165, 1.54) is 6.42 Å². The van der Waals surface area contributed by atoms with Crippen molar-refractivity contribution in [1.82, 2.24) is 14.9 Å². The van der Waals surface area contributed by atoms with E-state index in [2.05, 4.69) is 20.2 Å². The van der Waals surface area contributed by atoms with E-state index in [9.17, 15) is 10.1 Å². The summed E-state index contributed by atoms with van der Waals surface area (Å²) < 4.78 is 0. The number of nitrogens with one attached hydrogen (secondary N) is 2. The van der Waals surface area contributed by atoms with Gasteiger partial charge in [0.25, 0.3) is 5.69 Å². The van der Waals surface area contributed by atoms with Gasteiger partial charge in [0.05, 0.1) is 11.0 Å². The summed E-state index contributed by atoms with van der Waals surface area (Å²) in [6.45, 7) is 1.67. The number of aromatic nitrogens is 2. The molecular formula is C16H21N5O2. The quantitative estimate of drug-likeness (QED) is 0.654. The third-order valence-corrected chi connectivity index (χ3v) is 4.36. The summed E-state index contributed by atoms with van der Waals surface area (Å²) in [7, 11) is 1.69. The first kappa shape index (κ1) is 15.5. The summed E-state index contributed by atoms with van der Waals surface area (Å²) in [6.07, 6.45) is 7.00. The van der Waals surface area contributed by atoms with Crippen LogP contribution in [0.15, 0.2) is 30.6 Å². The van der Waals surface area contributed by atoms with Crippen LogP contribution in [-0.4, -0.2) is 33.4 Å². The molecule has 3 rings (SSSR count). The molecule has 1 aromatic carbocycles. The predicted octanol–water partition coefficient (Wildman–Crippen LogP) is 3.09. The number of aromatic amines is 1. The molecule has 0 bridgehead atoms. The maximum Gasteiger partial charge on any atom is 0.292 e. The van der Waals surface area contributed by atoms with E-state index in [1.54, 1.807) is 25.4 Å². The van der Waals surface area contributed by atoms with Gasteiger partial charge in [0.15, 0.2) is 0 Å². The SMILES string of the molecule is CNc1ccc(CN2CCCCC2c2ncc[nH]2)cc1[N+](=O)[O-]. The second kappa shape index (κ2) is 6.78. The van der Waals surface area contributed by atoms with Gasteiger partial charge in [-0.1, -0.05) is 12.5 Å². The minimum Gasteiger partial charge on any atom is -0.383 e. The molecule has 1 atom stereocenters.